The average molecular weight is 329 g/mol. The molecule has 0 spiro atoms. The zero-order valence-electron chi connectivity index (χ0n) is 9.49. The van der Waals surface area contributed by atoms with Crippen LogP contribution < -0.4 is 5.32 Å². The molecule has 0 bridgehead atoms. The Morgan fingerprint density at radius 2 is 2.28 bits per heavy atom. The Hall–Kier alpha value is -0.910. The molecule has 1 aromatic carbocycles. The second kappa shape index (κ2) is 4.99. The Balaban J connectivity index is 1.76. The Bertz CT molecular complexity index is 568. The average Bonchev–Trinajstić information content (AvgIpc) is 3.08. The molecule has 6 heteroatoms. The molecule has 18 heavy (non-hydrogen) atoms. The maximum atomic E-state index is 6.03. The van der Waals surface area contributed by atoms with Gasteiger partial charge in [0, 0.05) is 16.1 Å². The molecule has 1 heterocycles. The second-order valence-electron chi connectivity index (χ2n) is 4.30. The molecule has 0 aliphatic heterocycles. The van der Waals surface area contributed by atoms with Crippen molar-refractivity contribution in [1.29, 1.82) is 0 Å². The Morgan fingerprint density at radius 1 is 1.44 bits per heavy atom. The van der Waals surface area contributed by atoms with Gasteiger partial charge >= 0.3 is 0 Å². The molecule has 94 valence electrons. The fraction of sp³-hybridized carbons (Fsp3) is 0.333. The predicted molar refractivity (Wildman–Crippen MR) is 72.3 cm³/mol. The van der Waals surface area contributed by atoms with Gasteiger partial charge in [0.2, 0.25) is 0 Å². The van der Waals surface area contributed by atoms with Crippen molar-refractivity contribution in [3.8, 4) is 11.5 Å². The monoisotopic (exact) mass is 327 g/mol. The van der Waals surface area contributed by atoms with Crippen LogP contribution in [-0.4, -0.2) is 16.2 Å². The van der Waals surface area contributed by atoms with E-state index in [0.717, 1.165) is 10.0 Å². The summed E-state index contributed by atoms with van der Waals surface area (Å²) in [5, 5.41) is 7.91. The van der Waals surface area contributed by atoms with E-state index in [1.807, 2.05) is 12.1 Å². The largest absolute Gasteiger partial charge is 0.334 e. The van der Waals surface area contributed by atoms with Crippen molar-refractivity contribution in [2.24, 2.45) is 0 Å². The van der Waals surface area contributed by atoms with E-state index in [1.165, 1.54) is 12.8 Å². The van der Waals surface area contributed by atoms with Gasteiger partial charge < -0.3 is 9.84 Å². The molecular formula is C12H11BrClN3O. The van der Waals surface area contributed by atoms with Crippen LogP contribution in [0.2, 0.25) is 5.02 Å². The number of aromatic nitrogens is 2. The summed E-state index contributed by atoms with van der Waals surface area (Å²) in [6.45, 7) is 0.651. The van der Waals surface area contributed by atoms with Crippen molar-refractivity contribution in [3.63, 3.8) is 0 Å². The van der Waals surface area contributed by atoms with Crippen molar-refractivity contribution < 1.29 is 4.52 Å². The highest BCUT2D eigenvalue weighted by Crippen LogP contribution is 2.28. The van der Waals surface area contributed by atoms with Crippen molar-refractivity contribution in [1.82, 2.24) is 15.5 Å². The molecule has 1 fully saturated rings. The van der Waals surface area contributed by atoms with Crippen LogP contribution in [0.15, 0.2) is 27.2 Å². The molecular weight excluding hydrogens is 318 g/mol. The maximum Gasteiger partial charge on any atom is 0.258 e. The van der Waals surface area contributed by atoms with Crippen LogP contribution in [0.25, 0.3) is 11.5 Å². The summed E-state index contributed by atoms with van der Waals surface area (Å²) in [4.78, 5) is 4.34. The molecule has 4 nitrogen and oxygen atoms in total. The number of nitrogens with zero attached hydrogens (tertiary/aromatic N) is 2. The van der Waals surface area contributed by atoms with E-state index in [2.05, 4.69) is 31.4 Å². The van der Waals surface area contributed by atoms with Gasteiger partial charge in [-0.2, -0.15) is 4.98 Å². The first kappa shape index (κ1) is 12.1. The summed E-state index contributed by atoms with van der Waals surface area (Å²) in [6.07, 6.45) is 2.49. The number of hydrogen-bond donors (Lipinski definition) is 1. The highest BCUT2D eigenvalue weighted by Gasteiger charge is 2.21. The number of rotatable bonds is 4. The van der Waals surface area contributed by atoms with Crippen LogP contribution >= 0.6 is 27.5 Å². The molecule has 1 N–H and O–H groups in total. The minimum Gasteiger partial charge on any atom is -0.334 e. The fourth-order valence-electron chi connectivity index (χ4n) is 1.60. The van der Waals surface area contributed by atoms with E-state index in [0.29, 0.717) is 29.3 Å². The van der Waals surface area contributed by atoms with E-state index < -0.39 is 0 Å². The van der Waals surface area contributed by atoms with Crippen LogP contribution in [0.4, 0.5) is 0 Å². The second-order valence-corrected chi connectivity index (χ2v) is 5.56. The summed E-state index contributed by atoms with van der Waals surface area (Å²) in [5.41, 5.74) is 0.827. The minimum absolute atomic E-state index is 0.497. The van der Waals surface area contributed by atoms with E-state index in [1.54, 1.807) is 6.07 Å². The fourth-order valence-corrected chi connectivity index (χ4v) is 2.02. The molecule has 0 unspecified atom stereocenters. The molecule has 2 aromatic rings. The van der Waals surface area contributed by atoms with E-state index in [-0.39, 0.29) is 0 Å². The Kier molecular flexibility index (Phi) is 3.37. The third-order valence-corrected chi connectivity index (χ3v) is 3.99. The van der Waals surface area contributed by atoms with Crippen molar-refractivity contribution >= 4 is 27.5 Å². The van der Waals surface area contributed by atoms with Crippen LogP contribution in [-0.2, 0) is 6.54 Å². The normalized spacial score (nSPS) is 15.0. The van der Waals surface area contributed by atoms with Crippen molar-refractivity contribution in [3.05, 3.63) is 33.5 Å². The maximum absolute atomic E-state index is 6.03. The van der Waals surface area contributed by atoms with Gasteiger partial charge in [-0.15, -0.1) is 0 Å². The van der Waals surface area contributed by atoms with Crippen LogP contribution in [0.1, 0.15) is 18.7 Å². The quantitative estimate of drug-likeness (QED) is 0.934. The third-order valence-electron chi connectivity index (χ3n) is 2.76. The molecule has 1 saturated carbocycles. The third kappa shape index (κ3) is 2.74. The topological polar surface area (TPSA) is 51.0 Å². The summed E-state index contributed by atoms with van der Waals surface area (Å²) < 4.78 is 6.07. The molecule has 0 saturated heterocycles. The molecule has 3 rings (SSSR count). The molecule has 0 atom stereocenters. The summed E-state index contributed by atoms with van der Waals surface area (Å²) in [5.74, 6) is 1.17. The first-order valence-electron chi connectivity index (χ1n) is 5.74. The number of nitrogens with one attached hydrogen (secondary N) is 1. The lowest BCUT2D eigenvalue weighted by Gasteiger charge is -1.97. The van der Waals surface area contributed by atoms with Gasteiger partial charge in [-0.05, 0) is 47.0 Å². The lowest BCUT2D eigenvalue weighted by Crippen LogP contribution is -2.16. The van der Waals surface area contributed by atoms with E-state index >= 15 is 0 Å². The van der Waals surface area contributed by atoms with Gasteiger partial charge in [-0.1, -0.05) is 16.8 Å². The molecule has 1 aliphatic rings. The highest BCUT2D eigenvalue weighted by atomic mass is 79.9. The SMILES string of the molecule is Clc1cc(-c2nc(CNC3CC3)no2)ccc1Br. The van der Waals surface area contributed by atoms with Crippen LogP contribution in [0, 0.1) is 0 Å². The van der Waals surface area contributed by atoms with Crippen LogP contribution in [0.3, 0.4) is 0 Å². The van der Waals surface area contributed by atoms with Crippen molar-refractivity contribution in [2.45, 2.75) is 25.4 Å². The smallest absolute Gasteiger partial charge is 0.258 e. The minimum atomic E-state index is 0.497. The molecule has 0 amide bonds. The lowest BCUT2D eigenvalue weighted by molar-refractivity contribution is 0.419. The van der Waals surface area contributed by atoms with E-state index in [4.69, 9.17) is 16.1 Å². The zero-order chi connectivity index (χ0) is 12.5. The molecule has 1 aromatic heterocycles. The first-order valence-corrected chi connectivity index (χ1v) is 6.91. The zero-order valence-corrected chi connectivity index (χ0v) is 11.8. The summed E-state index contributed by atoms with van der Waals surface area (Å²) in [6, 6.07) is 6.19. The predicted octanol–water partition coefficient (Wildman–Crippen LogP) is 3.40. The van der Waals surface area contributed by atoms with Gasteiger partial charge in [0.1, 0.15) is 0 Å². The molecule has 1 aliphatic carbocycles. The number of hydrogen-bond acceptors (Lipinski definition) is 4. The van der Waals surface area contributed by atoms with Gasteiger partial charge in [0.05, 0.1) is 11.6 Å². The Morgan fingerprint density at radius 3 is 3.00 bits per heavy atom. The number of halogens is 2. The Labute approximate surface area is 118 Å². The van der Waals surface area contributed by atoms with E-state index in [9.17, 15) is 0 Å². The van der Waals surface area contributed by atoms with Gasteiger partial charge in [0.25, 0.3) is 5.89 Å². The molecule has 0 radical (unpaired) electrons. The van der Waals surface area contributed by atoms with Gasteiger partial charge in [0.15, 0.2) is 5.82 Å². The van der Waals surface area contributed by atoms with Crippen molar-refractivity contribution in [2.75, 3.05) is 0 Å². The standard InChI is InChI=1S/C12H11BrClN3O/c13-9-4-1-7(5-10(9)14)12-16-11(17-18-12)6-15-8-2-3-8/h1,4-5,8,15H,2-3,6H2. The lowest BCUT2D eigenvalue weighted by atomic mass is 10.2. The first-order chi connectivity index (χ1) is 8.72. The van der Waals surface area contributed by atoms with Gasteiger partial charge in [-0.25, -0.2) is 0 Å². The highest BCUT2D eigenvalue weighted by molar-refractivity contribution is 9.10. The number of benzene rings is 1. The summed E-state index contributed by atoms with van der Waals surface area (Å²) in [7, 11) is 0. The van der Waals surface area contributed by atoms with Crippen LogP contribution in [0.5, 0.6) is 0 Å². The summed E-state index contributed by atoms with van der Waals surface area (Å²) >= 11 is 9.38. The van der Waals surface area contributed by atoms with Gasteiger partial charge in [-0.3, -0.25) is 0 Å².